The number of hydrogen-bond acceptors (Lipinski definition) is 13. The Hall–Kier alpha value is -3.47. The van der Waals surface area contributed by atoms with Gasteiger partial charge in [0.15, 0.2) is 6.10 Å². The smallest absolute Gasteiger partial charge is 0.357 e. The highest BCUT2D eigenvalue weighted by atomic mass is 32.2. The molecule has 2 aliphatic heterocycles. The summed E-state index contributed by atoms with van der Waals surface area (Å²) < 4.78 is 11.3. The third kappa shape index (κ3) is 5.76. The Morgan fingerprint density at radius 2 is 2.05 bits per heavy atom. The maximum Gasteiger partial charge on any atom is 0.357 e. The third-order valence-electron chi connectivity index (χ3n) is 5.44. The van der Waals surface area contributed by atoms with Crippen molar-refractivity contribution in [3.63, 3.8) is 0 Å². The number of nitrogens with one attached hydrogen (secondary N) is 1. The minimum atomic E-state index is -1.46. The Morgan fingerprint density at radius 1 is 1.30 bits per heavy atom. The second-order valence-corrected chi connectivity index (χ2v) is 9.85. The van der Waals surface area contributed by atoms with Crippen molar-refractivity contribution in [3.05, 3.63) is 47.2 Å². The van der Waals surface area contributed by atoms with E-state index in [0.717, 1.165) is 0 Å². The van der Waals surface area contributed by atoms with Crippen LogP contribution in [0.3, 0.4) is 0 Å². The summed E-state index contributed by atoms with van der Waals surface area (Å²) in [6.07, 6.45) is -1.46. The summed E-state index contributed by atoms with van der Waals surface area (Å²) in [6.45, 7) is -1.05. The van der Waals surface area contributed by atoms with E-state index in [1.54, 1.807) is 37.4 Å². The fourth-order valence-corrected chi connectivity index (χ4v) is 5.91. The van der Waals surface area contributed by atoms with Crippen LogP contribution < -0.4 is 11.1 Å². The molecule has 37 heavy (non-hydrogen) atoms. The number of β-lactam (4-membered cyclic amide) rings is 1. The summed E-state index contributed by atoms with van der Waals surface area (Å²) >= 11 is 2.61. The van der Waals surface area contributed by atoms with Crippen molar-refractivity contribution in [2.75, 3.05) is 24.8 Å². The summed E-state index contributed by atoms with van der Waals surface area (Å²) in [5.41, 5.74) is 6.13. The molecule has 0 bridgehead atoms. The molecule has 14 nitrogen and oxygen atoms in total. The molecule has 2 amide bonds. The first kappa shape index (κ1) is 26.6. The number of esters is 2. The number of aliphatic hydroxyl groups is 1. The quantitative estimate of drug-likeness (QED) is 0.137. The second kappa shape index (κ2) is 11.7. The Kier molecular flexibility index (Phi) is 8.42. The van der Waals surface area contributed by atoms with Gasteiger partial charge in [0, 0.05) is 18.6 Å². The van der Waals surface area contributed by atoms with Gasteiger partial charge in [0.05, 0.1) is 6.54 Å². The molecular formula is C21H23N7O7S2. The standard InChI is InChI=1S/C21H23N7O7S2/c1-27-21(24-25-26-27)37-9-12-8-36-19-14(23-17(31)16(30)11-5-3-2-4-6-11)18(32)28(19)15(12)20(33)35-10-34-13(29)7-22/h2-6,14,16,19,30H,7-10,22H2,1H3,(H,23,31)/t14-,16-,19-/m1/s1. The Morgan fingerprint density at radius 3 is 2.73 bits per heavy atom. The molecule has 2 aromatic rings. The molecule has 1 fully saturated rings. The van der Waals surface area contributed by atoms with Gasteiger partial charge in [0.1, 0.15) is 17.1 Å². The average Bonchev–Trinajstić information content (AvgIpc) is 3.33. The first-order valence-electron chi connectivity index (χ1n) is 10.9. The van der Waals surface area contributed by atoms with E-state index in [4.69, 9.17) is 15.2 Å². The molecule has 4 N–H and O–H groups in total. The number of aliphatic hydroxyl groups excluding tert-OH is 1. The van der Waals surface area contributed by atoms with Crippen LogP contribution in [0.15, 0.2) is 46.8 Å². The summed E-state index contributed by atoms with van der Waals surface area (Å²) in [4.78, 5) is 51.2. The first-order valence-corrected chi connectivity index (χ1v) is 12.9. The van der Waals surface area contributed by atoms with Crippen LogP contribution in [0.25, 0.3) is 0 Å². The Bertz CT molecular complexity index is 1220. The average molecular weight is 550 g/mol. The Labute approximate surface area is 218 Å². The lowest BCUT2D eigenvalue weighted by Gasteiger charge is -2.49. The number of aromatic nitrogens is 4. The lowest BCUT2D eigenvalue weighted by Crippen LogP contribution is -2.71. The third-order valence-corrected chi connectivity index (χ3v) is 7.87. The number of amides is 2. The zero-order valence-corrected chi connectivity index (χ0v) is 21.1. The fraction of sp³-hybridized carbons (Fsp3) is 0.381. The van der Waals surface area contributed by atoms with Crippen LogP contribution >= 0.6 is 23.5 Å². The molecular weight excluding hydrogens is 526 g/mol. The number of carbonyl (C=O) groups excluding carboxylic acids is 4. The zero-order valence-electron chi connectivity index (χ0n) is 19.5. The van der Waals surface area contributed by atoms with E-state index >= 15 is 0 Å². The molecule has 16 heteroatoms. The van der Waals surface area contributed by atoms with Gasteiger partial charge in [-0.05, 0) is 21.6 Å². The maximum absolute atomic E-state index is 13.1. The highest BCUT2D eigenvalue weighted by molar-refractivity contribution is 8.01. The van der Waals surface area contributed by atoms with Crippen molar-refractivity contribution in [3.8, 4) is 0 Å². The molecule has 196 valence electrons. The van der Waals surface area contributed by atoms with Gasteiger partial charge in [-0.2, -0.15) is 0 Å². The van der Waals surface area contributed by atoms with E-state index in [2.05, 4.69) is 20.8 Å². The number of nitrogens with zero attached hydrogens (tertiary/aromatic N) is 5. The van der Waals surface area contributed by atoms with Gasteiger partial charge in [-0.25, -0.2) is 9.48 Å². The van der Waals surface area contributed by atoms with Crippen molar-refractivity contribution in [1.29, 1.82) is 0 Å². The SMILES string of the molecule is Cn1nnnc1SCC1=C(C(=O)OCOC(=O)CN)N2C(=O)[C@@H](NC(=O)[C@H](O)c3ccccc3)[C@H]2SC1. The normalized spacial score (nSPS) is 19.5. The molecule has 1 saturated heterocycles. The molecule has 1 aromatic carbocycles. The molecule has 2 aliphatic rings. The fourth-order valence-electron chi connectivity index (χ4n) is 3.57. The summed E-state index contributed by atoms with van der Waals surface area (Å²) in [5.74, 6) is -2.29. The predicted molar refractivity (Wildman–Crippen MR) is 129 cm³/mol. The lowest BCUT2D eigenvalue weighted by atomic mass is 10.0. The van der Waals surface area contributed by atoms with Gasteiger partial charge in [-0.1, -0.05) is 42.1 Å². The van der Waals surface area contributed by atoms with Crippen LogP contribution in [0.5, 0.6) is 0 Å². The van der Waals surface area contributed by atoms with Crippen LogP contribution in [-0.2, 0) is 35.7 Å². The highest BCUT2D eigenvalue weighted by Gasteiger charge is 2.54. The second-order valence-electron chi connectivity index (χ2n) is 7.81. The van der Waals surface area contributed by atoms with Gasteiger partial charge in [0.25, 0.3) is 11.8 Å². The topological polar surface area (TPSA) is 192 Å². The Balaban J connectivity index is 1.49. The number of nitrogens with two attached hydrogens (primary N) is 1. The maximum atomic E-state index is 13.1. The van der Waals surface area contributed by atoms with Crippen LogP contribution in [0, 0.1) is 0 Å². The molecule has 3 heterocycles. The van der Waals surface area contributed by atoms with Crippen LogP contribution in [0.2, 0.25) is 0 Å². The number of thioether (sulfide) groups is 2. The van der Waals surface area contributed by atoms with Crippen LogP contribution in [-0.4, -0.2) is 90.2 Å². The number of benzene rings is 1. The lowest BCUT2D eigenvalue weighted by molar-refractivity contribution is -0.167. The largest absolute Gasteiger partial charge is 0.427 e. The first-order chi connectivity index (χ1) is 17.8. The minimum Gasteiger partial charge on any atom is -0.427 e. The van der Waals surface area contributed by atoms with E-state index in [9.17, 15) is 24.3 Å². The van der Waals surface area contributed by atoms with Crippen LogP contribution in [0.4, 0.5) is 0 Å². The summed E-state index contributed by atoms with van der Waals surface area (Å²) in [5, 5.41) is 24.1. The molecule has 1 aromatic heterocycles. The van der Waals surface area contributed by atoms with E-state index < -0.39 is 48.1 Å². The van der Waals surface area contributed by atoms with E-state index in [1.165, 1.54) is 33.1 Å². The van der Waals surface area contributed by atoms with Gasteiger partial charge in [-0.15, -0.1) is 16.9 Å². The molecule has 0 spiro atoms. The number of rotatable bonds is 10. The summed E-state index contributed by atoms with van der Waals surface area (Å²) in [6, 6.07) is 7.36. The number of ether oxygens (including phenoxy) is 2. The van der Waals surface area contributed by atoms with Crippen molar-refractivity contribution in [2.24, 2.45) is 12.8 Å². The van der Waals surface area contributed by atoms with E-state index in [0.29, 0.717) is 22.0 Å². The van der Waals surface area contributed by atoms with Crippen LogP contribution in [0.1, 0.15) is 11.7 Å². The monoisotopic (exact) mass is 549 g/mol. The van der Waals surface area contributed by atoms with Crippen molar-refractivity contribution < 1.29 is 33.8 Å². The molecule has 3 atom stereocenters. The van der Waals surface area contributed by atoms with Crippen molar-refractivity contribution in [2.45, 2.75) is 22.7 Å². The molecule has 0 saturated carbocycles. The summed E-state index contributed by atoms with van der Waals surface area (Å²) in [7, 11) is 1.67. The van der Waals surface area contributed by atoms with E-state index in [-0.39, 0.29) is 18.0 Å². The number of hydrogen-bond donors (Lipinski definition) is 3. The predicted octanol–water partition coefficient (Wildman–Crippen LogP) is -1.31. The highest BCUT2D eigenvalue weighted by Crippen LogP contribution is 2.42. The van der Waals surface area contributed by atoms with Gasteiger partial charge in [0.2, 0.25) is 11.9 Å². The minimum absolute atomic E-state index is 0.00529. The molecule has 0 aliphatic carbocycles. The van der Waals surface area contributed by atoms with Crippen molar-refractivity contribution in [1.82, 2.24) is 30.4 Å². The van der Waals surface area contributed by atoms with Gasteiger partial charge >= 0.3 is 11.9 Å². The van der Waals surface area contributed by atoms with Crippen molar-refractivity contribution >= 4 is 47.3 Å². The van der Waals surface area contributed by atoms with E-state index in [1.807, 2.05) is 0 Å². The number of fused-ring (bicyclic) bond motifs is 1. The van der Waals surface area contributed by atoms with Gasteiger partial charge in [-0.3, -0.25) is 19.3 Å². The zero-order chi connectivity index (χ0) is 26.5. The number of tetrazole rings is 1. The number of carbonyl (C=O) groups is 4. The molecule has 0 radical (unpaired) electrons. The molecule has 4 rings (SSSR count). The van der Waals surface area contributed by atoms with Gasteiger partial charge < -0.3 is 25.6 Å². The molecule has 0 unspecified atom stereocenters. The number of aryl methyl sites for hydroxylation is 1.